The van der Waals surface area contributed by atoms with Crippen molar-refractivity contribution in [1.82, 2.24) is 0 Å². The van der Waals surface area contributed by atoms with Crippen molar-refractivity contribution in [3.63, 3.8) is 0 Å². The van der Waals surface area contributed by atoms with Crippen LogP contribution in [0.4, 0.5) is 0 Å². The second-order valence-electron chi connectivity index (χ2n) is 10.9. The quantitative estimate of drug-likeness (QED) is 0.703. The lowest BCUT2D eigenvalue weighted by Gasteiger charge is -2.60. The first-order valence-electron chi connectivity index (χ1n) is 11.4. The first-order chi connectivity index (χ1) is 12.8. The molecule has 3 heteroatoms. The van der Waals surface area contributed by atoms with E-state index in [1.54, 1.807) is 0 Å². The van der Waals surface area contributed by atoms with E-state index >= 15 is 0 Å². The monoisotopic (exact) mass is 373 g/mol. The number of rotatable bonds is 4. The normalized spacial score (nSPS) is 48.2. The largest absolute Gasteiger partial charge is 0.392 e. The van der Waals surface area contributed by atoms with E-state index in [-0.39, 0.29) is 18.2 Å². The lowest BCUT2D eigenvalue weighted by molar-refractivity contribution is -0.123. The summed E-state index contributed by atoms with van der Waals surface area (Å²) in [6.07, 6.45) is 14.9. The molecule has 0 aliphatic heterocycles. The van der Waals surface area contributed by atoms with Crippen molar-refractivity contribution in [2.75, 3.05) is 0 Å². The van der Waals surface area contributed by atoms with Crippen LogP contribution in [0.5, 0.6) is 0 Å². The zero-order valence-corrected chi connectivity index (χ0v) is 17.5. The number of carbonyl (C=O) groups excluding carboxylic acids is 1. The first-order valence-corrected chi connectivity index (χ1v) is 11.4. The van der Waals surface area contributed by atoms with E-state index in [1.807, 2.05) is 0 Å². The maximum Gasteiger partial charge on any atom is 0.220 e. The fourth-order valence-electron chi connectivity index (χ4n) is 8.40. The number of carbonyl (C=O) groups is 1. The Labute approximate surface area is 165 Å². The molecule has 0 bridgehead atoms. The molecule has 3 saturated carbocycles. The predicted molar refractivity (Wildman–Crippen MR) is 109 cm³/mol. The molecule has 0 radical (unpaired) electrons. The Hall–Kier alpha value is -0.830. The molecule has 3 N–H and O–H groups in total. The molecule has 0 aromatic carbocycles. The van der Waals surface area contributed by atoms with Crippen molar-refractivity contribution in [2.45, 2.75) is 84.7 Å². The lowest BCUT2D eigenvalue weighted by Crippen LogP contribution is -2.53. The van der Waals surface area contributed by atoms with E-state index in [0.29, 0.717) is 16.7 Å². The maximum absolute atomic E-state index is 11.3. The molecule has 9 atom stereocenters. The topological polar surface area (TPSA) is 63.3 Å². The number of primary amides is 1. The number of amides is 1. The average Bonchev–Trinajstić information content (AvgIpc) is 2.97. The number of allylic oxidation sites excluding steroid dienone is 2. The number of aliphatic hydroxyl groups is 1. The van der Waals surface area contributed by atoms with Gasteiger partial charge in [0.2, 0.25) is 5.91 Å². The number of aliphatic hydroxyl groups excluding tert-OH is 1. The minimum atomic E-state index is -0.586. The number of fused-ring (bicyclic) bond motifs is 5. The summed E-state index contributed by atoms with van der Waals surface area (Å²) in [4.78, 5) is 11.3. The summed E-state index contributed by atoms with van der Waals surface area (Å²) in [5.74, 6) is 3.73. The molecular weight excluding hydrogens is 334 g/mol. The summed E-state index contributed by atoms with van der Waals surface area (Å²) in [6.45, 7) is 7.25. The van der Waals surface area contributed by atoms with Gasteiger partial charge in [-0.25, -0.2) is 0 Å². The van der Waals surface area contributed by atoms with E-state index in [9.17, 15) is 9.90 Å². The summed E-state index contributed by atoms with van der Waals surface area (Å²) in [7, 11) is 0. The minimum Gasteiger partial charge on any atom is -0.392 e. The van der Waals surface area contributed by atoms with Crippen LogP contribution in [0.2, 0.25) is 0 Å². The van der Waals surface area contributed by atoms with Crippen molar-refractivity contribution in [2.24, 2.45) is 52.1 Å². The van der Waals surface area contributed by atoms with E-state index < -0.39 is 6.10 Å². The van der Waals surface area contributed by atoms with Crippen LogP contribution in [0, 0.1) is 46.3 Å². The van der Waals surface area contributed by atoms with Crippen molar-refractivity contribution in [1.29, 1.82) is 0 Å². The molecule has 4 aliphatic carbocycles. The second-order valence-corrected chi connectivity index (χ2v) is 10.9. The van der Waals surface area contributed by atoms with E-state index in [1.165, 1.54) is 51.4 Å². The highest BCUT2D eigenvalue weighted by Crippen LogP contribution is 2.67. The molecule has 1 amide bonds. The SMILES string of the molecule is C[C@H](C(O)CC(N)=O)[C@H]1CC[C@H]2[C@@H]3CCC4CC=CC[C@]4(C)[C@H]3CC[C@]12C. The molecule has 0 aromatic rings. The smallest absolute Gasteiger partial charge is 0.220 e. The van der Waals surface area contributed by atoms with Crippen LogP contribution < -0.4 is 5.73 Å². The van der Waals surface area contributed by atoms with Gasteiger partial charge in [-0.15, -0.1) is 0 Å². The lowest BCUT2D eigenvalue weighted by atomic mass is 9.45. The molecule has 0 saturated heterocycles. The van der Waals surface area contributed by atoms with Gasteiger partial charge in [0, 0.05) is 0 Å². The molecule has 152 valence electrons. The van der Waals surface area contributed by atoms with Gasteiger partial charge in [-0.3, -0.25) is 4.79 Å². The van der Waals surface area contributed by atoms with Gasteiger partial charge in [-0.1, -0.05) is 32.9 Å². The van der Waals surface area contributed by atoms with Crippen LogP contribution in [0.25, 0.3) is 0 Å². The zero-order chi connectivity index (χ0) is 19.4. The van der Waals surface area contributed by atoms with Crippen LogP contribution in [0.15, 0.2) is 12.2 Å². The molecule has 3 fully saturated rings. The third kappa shape index (κ3) is 2.99. The molecule has 0 aromatic heterocycles. The van der Waals surface area contributed by atoms with Gasteiger partial charge in [0.1, 0.15) is 0 Å². The maximum atomic E-state index is 11.3. The van der Waals surface area contributed by atoms with Crippen molar-refractivity contribution in [3.8, 4) is 0 Å². The van der Waals surface area contributed by atoms with Gasteiger partial charge in [-0.05, 0) is 97.7 Å². The van der Waals surface area contributed by atoms with Gasteiger partial charge in [0.15, 0.2) is 0 Å². The van der Waals surface area contributed by atoms with Gasteiger partial charge in [0.05, 0.1) is 12.5 Å². The Bertz CT molecular complexity index is 616. The van der Waals surface area contributed by atoms with Gasteiger partial charge >= 0.3 is 0 Å². The standard InChI is InChI=1S/C24H39NO2/c1-15(21(26)14-22(25)27)18-9-10-19-17-8-7-16-6-4-5-12-23(16,2)20(17)11-13-24(18,19)3/h4-5,15-21,26H,6-14H2,1-3H3,(H2,25,27)/t15-,16?,17-,18+,19-,20-,21?,23-,24+/m0/s1. The van der Waals surface area contributed by atoms with E-state index in [2.05, 4.69) is 32.9 Å². The molecular formula is C24H39NO2. The Balaban J connectivity index is 1.54. The Kier molecular flexibility index (Phi) is 4.98. The van der Waals surface area contributed by atoms with Crippen molar-refractivity contribution in [3.05, 3.63) is 12.2 Å². The van der Waals surface area contributed by atoms with E-state index in [4.69, 9.17) is 5.73 Å². The number of hydrogen-bond donors (Lipinski definition) is 2. The fraction of sp³-hybridized carbons (Fsp3) is 0.875. The summed E-state index contributed by atoms with van der Waals surface area (Å²) in [5, 5.41) is 10.6. The minimum absolute atomic E-state index is 0.108. The third-order valence-corrected chi connectivity index (χ3v) is 9.94. The van der Waals surface area contributed by atoms with Crippen LogP contribution in [-0.2, 0) is 4.79 Å². The highest BCUT2D eigenvalue weighted by atomic mass is 16.3. The summed E-state index contributed by atoms with van der Waals surface area (Å²) >= 11 is 0. The number of hydrogen-bond acceptors (Lipinski definition) is 2. The highest BCUT2D eigenvalue weighted by Gasteiger charge is 2.60. The van der Waals surface area contributed by atoms with Crippen molar-refractivity contribution >= 4 is 5.91 Å². The predicted octanol–water partition coefficient (Wildman–Crippen LogP) is 4.68. The summed E-state index contributed by atoms with van der Waals surface area (Å²) in [6, 6.07) is 0. The molecule has 2 unspecified atom stereocenters. The summed E-state index contributed by atoms with van der Waals surface area (Å²) in [5.41, 5.74) is 6.19. The molecule has 4 rings (SSSR count). The van der Waals surface area contributed by atoms with Crippen LogP contribution >= 0.6 is 0 Å². The third-order valence-electron chi connectivity index (χ3n) is 9.94. The molecule has 3 nitrogen and oxygen atoms in total. The first kappa shape index (κ1) is 19.5. The zero-order valence-electron chi connectivity index (χ0n) is 17.5. The van der Waals surface area contributed by atoms with Crippen LogP contribution in [0.1, 0.15) is 78.6 Å². The highest BCUT2D eigenvalue weighted by molar-refractivity contribution is 5.74. The molecule has 27 heavy (non-hydrogen) atoms. The van der Waals surface area contributed by atoms with Gasteiger partial charge in [0.25, 0.3) is 0 Å². The fourth-order valence-corrected chi connectivity index (χ4v) is 8.40. The Morgan fingerprint density at radius 2 is 1.85 bits per heavy atom. The molecule has 4 aliphatic rings. The number of nitrogens with two attached hydrogens (primary N) is 1. The second kappa shape index (κ2) is 6.90. The average molecular weight is 374 g/mol. The van der Waals surface area contributed by atoms with Crippen molar-refractivity contribution < 1.29 is 9.90 Å². The van der Waals surface area contributed by atoms with Gasteiger partial charge in [-0.2, -0.15) is 0 Å². The molecule has 0 heterocycles. The van der Waals surface area contributed by atoms with Crippen LogP contribution in [0.3, 0.4) is 0 Å². The Morgan fingerprint density at radius 3 is 2.59 bits per heavy atom. The van der Waals surface area contributed by atoms with Gasteiger partial charge < -0.3 is 10.8 Å². The van der Waals surface area contributed by atoms with E-state index in [0.717, 1.165) is 23.7 Å². The molecule has 0 spiro atoms. The Morgan fingerprint density at radius 1 is 1.11 bits per heavy atom. The summed E-state index contributed by atoms with van der Waals surface area (Å²) < 4.78 is 0. The van der Waals surface area contributed by atoms with Crippen LogP contribution in [-0.4, -0.2) is 17.1 Å².